The lowest BCUT2D eigenvalue weighted by molar-refractivity contribution is -0.122. The maximum atomic E-state index is 13.3. The predicted molar refractivity (Wildman–Crippen MR) is 122 cm³/mol. The van der Waals surface area contributed by atoms with Crippen LogP contribution in [-0.4, -0.2) is 70.7 Å². The molecule has 1 aliphatic rings. The molecule has 1 amide bonds. The molecule has 1 fully saturated rings. The minimum atomic E-state index is -0.573. The Labute approximate surface area is 191 Å². The first-order valence-electron chi connectivity index (χ1n) is 10.6. The summed E-state index contributed by atoms with van der Waals surface area (Å²) >= 11 is 1.44. The number of halogens is 1. The van der Waals surface area contributed by atoms with Crippen molar-refractivity contribution < 1.29 is 14.0 Å². The highest BCUT2D eigenvalue weighted by molar-refractivity contribution is 7.99. The fourth-order valence-electron chi connectivity index (χ4n) is 3.71. The monoisotopic (exact) mass is 460 g/mol. The largest absolute Gasteiger partial charge is 0.408 e. The number of hydrogen-bond donors (Lipinski definition) is 0. The third-order valence-corrected chi connectivity index (χ3v) is 6.02. The normalized spacial score (nSPS) is 16.6. The van der Waals surface area contributed by atoms with Crippen molar-refractivity contribution in [2.45, 2.75) is 83.0 Å². The summed E-state index contributed by atoms with van der Waals surface area (Å²) in [5.41, 5.74) is -0.115. The molecule has 2 rings (SSSR count). The van der Waals surface area contributed by atoms with E-state index in [0.29, 0.717) is 11.6 Å². The van der Waals surface area contributed by atoms with Crippen LogP contribution in [-0.2, 0) is 4.79 Å². The van der Waals surface area contributed by atoms with Crippen molar-refractivity contribution in [3.05, 3.63) is 5.89 Å². The molecule has 30 heavy (non-hydrogen) atoms. The van der Waals surface area contributed by atoms with Gasteiger partial charge in [-0.3, -0.25) is 9.59 Å². The van der Waals surface area contributed by atoms with Gasteiger partial charge in [0.25, 0.3) is 11.1 Å². The van der Waals surface area contributed by atoms with E-state index in [1.54, 1.807) is 4.90 Å². The number of nitrogens with zero attached hydrogens (tertiary/aromatic N) is 4. The average Bonchev–Trinajstić information content (AvgIpc) is 2.94. The Morgan fingerprint density at radius 3 is 2.37 bits per heavy atom. The topological polar surface area (TPSA) is 79.5 Å². The van der Waals surface area contributed by atoms with E-state index >= 15 is 0 Å². The third kappa shape index (κ3) is 8.55. The van der Waals surface area contributed by atoms with Crippen molar-refractivity contribution in [1.82, 2.24) is 20.0 Å². The molecule has 1 aromatic rings. The van der Waals surface area contributed by atoms with E-state index in [2.05, 4.69) is 35.9 Å². The van der Waals surface area contributed by atoms with Crippen molar-refractivity contribution in [3.8, 4) is 0 Å². The SMILES string of the molecule is CN(C)CCSc1nnc(C(=O)C(CC(C)(C)C)N(C=O)C2CCCCCC2)o1.Cl. The summed E-state index contributed by atoms with van der Waals surface area (Å²) in [6.45, 7) is 7.13. The zero-order valence-electron chi connectivity index (χ0n) is 18.9. The fourth-order valence-corrected chi connectivity index (χ4v) is 4.58. The van der Waals surface area contributed by atoms with Gasteiger partial charge in [0.05, 0.1) is 0 Å². The Hall–Kier alpha value is -1.12. The van der Waals surface area contributed by atoms with Crippen LogP contribution in [0, 0.1) is 5.41 Å². The number of rotatable bonds is 10. The van der Waals surface area contributed by atoms with Crippen molar-refractivity contribution in [3.63, 3.8) is 0 Å². The molecule has 7 nitrogen and oxygen atoms in total. The standard InChI is InChI=1S/C21H36N4O3S.ClH/c1-21(2,3)14-17(25(15-26)16-10-8-6-7-9-11-16)18(27)19-22-23-20(28-19)29-13-12-24(4)5;/h15-17H,6-14H2,1-5H3;1H. The quantitative estimate of drug-likeness (QED) is 0.222. The summed E-state index contributed by atoms with van der Waals surface area (Å²) in [4.78, 5) is 29.2. The second-order valence-corrected chi connectivity index (χ2v) is 10.4. The van der Waals surface area contributed by atoms with Gasteiger partial charge < -0.3 is 14.2 Å². The molecule has 0 aliphatic heterocycles. The number of aromatic nitrogens is 2. The minimum absolute atomic E-state index is 0. The first kappa shape index (κ1) is 26.9. The maximum Gasteiger partial charge on any atom is 0.286 e. The van der Waals surface area contributed by atoms with E-state index in [4.69, 9.17) is 4.42 Å². The summed E-state index contributed by atoms with van der Waals surface area (Å²) in [7, 11) is 4.00. The van der Waals surface area contributed by atoms with E-state index in [0.717, 1.165) is 44.4 Å². The molecular formula is C21H37ClN4O3S. The summed E-state index contributed by atoms with van der Waals surface area (Å²) in [5.74, 6) is 0.562. The van der Waals surface area contributed by atoms with Crippen molar-refractivity contribution in [2.75, 3.05) is 26.4 Å². The lowest BCUT2D eigenvalue weighted by atomic mass is 9.85. The smallest absolute Gasteiger partial charge is 0.286 e. The molecule has 1 heterocycles. The van der Waals surface area contributed by atoms with Crippen LogP contribution in [0.1, 0.15) is 76.4 Å². The number of ketones is 1. The van der Waals surface area contributed by atoms with E-state index < -0.39 is 6.04 Å². The highest BCUT2D eigenvalue weighted by Gasteiger charge is 2.36. The molecular weight excluding hydrogens is 424 g/mol. The van der Waals surface area contributed by atoms with Gasteiger partial charge in [-0.1, -0.05) is 58.2 Å². The van der Waals surface area contributed by atoms with Crippen LogP contribution < -0.4 is 0 Å². The molecule has 1 saturated carbocycles. The second kappa shape index (κ2) is 12.7. The lowest BCUT2D eigenvalue weighted by Crippen LogP contribution is -2.48. The van der Waals surface area contributed by atoms with Gasteiger partial charge >= 0.3 is 0 Å². The van der Waals surface area contributed by atoms with Crippen LogP contribution in [0.3, 0.4) is 0 Å². The molecule has 0 saturated heterocycles. The molecule has 1 atom stereocenters. The summed E-state index contributed by atoms with van der Waals surface area (Å²) in [5, 5.41) is 8.43. The van der Waals surface area contributed by atoms with Crippen LogP contribution in [0.15, 0.2) is 9.64 Å². The van der Waals surface area contributed by atoms with Crippen molar-refractivity contribution in [1.29, 1.82) is 0 Å². The Morgan fingerprint density at radius 1 is 1.20 bits per heavy atom. The van der Waals surface area contributed by atoms with Crippen molar-refractivity contribution in [2.24, 2.45) is 5.41 Å². The number of carbonyl (C=O) groups excluding carboxylic acids is 2. The Bertz CT molecular complexity index is 655. The Morgan fingerprint density at radius 2 is 1.83 bits per heavy atom. The highest BCUT2D eigenvalue weighted by Crippen LogP contribution is 2.30. The van der Waals surface area contributed by atoms with Crippen LogP contribution >= 0.6 is 24.2 Å². The van der Waals surface area contributed by atoms with Gasteiger partial charge in [-0.15, -0.1) is 22.6 Å². The van der Waals surface area contributed by atoms with Gasteiger partial charge in [0.15, 0.2) is 0 Å². The molecule has 0 N–H and O–H groups in total. The zero-order chi connectivity index (χ0) is 21.4. The number of amides is 1. The second-order valence-electron chi connectivity index (χ2n) is 9.37. The molecule has 0 spiro atoms. The van der Waals surface area contributed by atoms with Gasteiger partial charge in [0.1, 0.15) is 6.04 Å². The van der Waals surface area contributed by atoms with Gasteiger partial charge in [0, 0.05) is 18.3 Å². The van der Waals surface area contributed by atoms with Crippen molar-refractivity contribution >= 4 is 36.4 Å². The molecule has 172 valence electrons. The predicted octanol–water partition coefficient (Wildman–Crippen LogP) is 4.31. The number of carbonyl (C=O) groups is 2. The maximum absolute atomic E-state index is 13.3. The van der Waals surface area contributed by atoms with Crippen LogP contribution in [0.4, 0.5) is 0 Å². The Kier molecular flexibility index (Phi) is 11.4. The fraction of sp³-hybridized carbons (Fsp3) is 0.810. The van der Waals surface area contributed by atoms with Crippen LogP contribution in [0.5, 0.6) is 0 Å². The summed E-state index contributed by atoms with van der Waals surface area (Å²) in [6.07, 6.45) is 7.89. The van der Waals surface area contributed by atoms with Gasteiger partial charge in [0.2, 0.25) is 12.2 Å². The minimum Gasteiger partial charge on any atom is -0.408 e. The third-order valence-electron chi connectivity index (χ3n) is 5.22. The first-order valence-corrected chi connectivity index (χ1v) is 11.6. The molecule has 9 heteroatoms. The molecule has 0 bridgehead atoms. The van der Waals surface area contributed by atoms with E-state index in [1.807, 2.05) is 14.1 Å². The molecule has 1 unspecified atom stereocenters. The zero-order valence-corrected chi connectivity index (χ0v) is 20.6. The van der Waals surface area contributed by atoms with Gasteiger partial charge in [-0.25, -0.2) is 0 Å². The van der Waals surface area contributed by atoms with Crippen LogP contribution in [0.25, 0.3) is 0 Å². The molecule has 0 aromatic carbocycles. The van der Waals surface area contributed by atoms with Gasteiger partial charge in [-0.05, 0) is 38.8 Å². The van der Waals surface area contributed by atoms with E-state index in [-0.39, 0.29) is 35.5 Å². The van der Waals surface area contributed by atoms with Crippen LogP contribution in [0.2, 0.25) is 0 Å². The van der Waals surface area contributed by atoms with E-state index in [1.165, 1.54) is 24.6 Å². The summed E-state index contributed by atoms with van der Waals surface area (Å²) < 4.78 is 5.66. The molecule has 1 aromatic heterocycles. The number of thioether (sulfide) groups is 1. The number of Topliss-reactive ketones (excluding diaryl/α,β-unsaturated/α-hetero) is 1. The molecule has 1 aliphatic carbocycles. The van der Waals surface area contributed by atoms with E-state index in [9.17, 15) is 9.59 Å². The average molecular weight is 461 g/mol. The Balaban J connectivity index is 0.00000450. The lowest BCUT2D eigenvalue weighted by Gasteiger charge is -2.36. The van der Waals surface area contributed by atoms with Gasteiger partial charge in [-0.2, -0.15) is 0 Å². The number of hydrogen-bond acceptors (Lipinski definition) is 7. The molecule has 0 radical (unpaired) electrons. The highest BCUT2D eigenvalue weighted by atomic mass is 35.5. The first-order chi connectivity index (χ1) is 13.7. The summed E-state index contributed by atoms with van der Waals surface area (Å²) in [6, 6.07) is -0.473.